The van der Waals surface area contributed by atoms with Crippen LogP contribution in [0.2, 0.25) is 20.1 Å². The molecule has 24 heavy (non-hydrogen) atoms. The van der Waals surface area contributed by atoms with Crippen molar-refractivity contribution in [3.8, 4) is 0 Å². The van der Waals surface area contributed by atoms with Gasteiger partial charge in [0.25, 0.3) is 11.1 Å². The molecule has 1 aliphatic rings. The summed E-state index contributed by atoms with van der Waals surface area (Å²) in [5.74, 6) is -0.459. The number of halogens is 4. The van der Waals surface area contributed by atoms with Gasteiger partial charge in [-0.25, -0.2) is 4.90 Å². The Labute approximate surface area is 162 Å². The molecular formula is C16H7Cl4NO2S. The topological polar surface area (TPSA) is 37.4 Å². The van der Waals surface area contributed by atoms with Gasteiger partial charge in [-0.1, -0.05) is 58.5 Å². The van der Waals surface area contributed by atoms with Gasteiger partial charge in [-0.2, -0.15) is 0 Å². The number of rotatable bonds is 2. The van der Waals surface area contributed by atoms with Crippen molar-refractivity contribution in [3.05, 3.63) is 67.0 Å². The van der Waals surface area contributed by atoms with Crippen LogP contribution in [-0.2, 0) is 4.79 Å². The number of carbonyl (C=O) groups excluding carboxylic acids is 2. The zero-order chi connectivity index (χ0) is 17.4. The van der Waals surface area contributed by atoms with Gasteiger partial charge < -0.3 is 0 Å². The first-order chi connectivity index (χ1) is 11.4. The standard InChI is InChI=1S/C16H7Cl4NO2S/c17-10-5-4-9(7-12(10)19)21-15(22)13(24-16(21)23)6-8-2-1-3-11(18)14(8)20/h1-7H/b13-6-. The minimum absolute atomic E-state index is 0.246. The molecule has 0 radical (unpaired) electrons. The number of amides is 2. The SMILES string of the molecule is O=C1S/C(=C\c2cccc(Cl)c2Cl)C(=O)N1c1ccc(Cl)c(Cl)c1. The molecule has 2 aromatic carbocycles. The van der Waals surface area contributed by atoms with E-state index in [0.29, 0.717) is 26.3 Å². The minimum Gasteiger partial charge on any atom is -0.268 e. The third-order valence-corrected chi connectivity index (χ3v) is 5.67. The summed E-state index contributed by atoms with van der Waals surface area (Å²) in [5, 5.41) is 0.862. The van der Waals surface area contributed by atoms with Crippen molar-refractivity contribution in [2.45, 2.75) is 0 Å². The van der Waals surface area contributed by atoms with Crippen LogP contribution < -0.4 is 4.90 Å². The lowest BCUT2D eigenvalue weighted by molar-refractivity contribution is -0.113. The Kier molecular flexibility index (Phi) is 5.13. The second-order valence-corrected chi connectivity index (χ2v) is 7.35. The average molecular weight is 419 g/mol. The molecule has 1 fully saturated rings. The number of nitrogens with zero attached hydrogens (tertiary/aromatic N) is 1. The van der Waals surface area contributed by atoms with E-state index in [0.717, 1.165) is 16.7 Å². The van der Waals surface area contributed by atoms with E-state index in [-0.39, 0.29) is 9.93 Å². The quantitative estimate of drug-likeness (QED) is 0.519. The summed E-state index contributed by atoms with van der Waals surface area (Å²) in [6.45, 7) is 0. The van der Waals surface area contributed by atoms with Crippen LogP contribution in [0.3, 0.4) is 0 Å². The van der Waals surface area contributed by atoms with Crippen LogP contribution in [0.25, 0.3) is 6.08 Å². The lowest BCUT2D eigenvalue weighted by Crippen LogP contribution is -2.27. The average Bonchev–Trinajstić information content (AvgIpc) is 2.81. The van der Waals surface area contributed by atoms with E-state index in [1.54, 1.807) is 24.3 Å². The van der Waals surface area contributed by atoms with Gasteiger partial charge in [0.2, 0.25) is 0 Å². The highest BCUT2D eigenvalue weighted by atomic mass is 35.5. The van der Waals surface area contributed by atoms with Crippen LogP contribution in [0.1, 0.15) is 5.56 Å². The number of thioether (sulfide) groups is 1. The Morgan fingerprint density at radius 1 is 0.917 bits per heavy atom. The molecule has 8 heteroatoms. The predicted molar refractivity (Wildman–Crippen MR) is 101 cm³/mol. The van der Waals surface area contributed by atoms with Gasteiger partial charge in [0.05, 0.1) is 30.7 Å². The summed E-state index contributed by atoms with van der Waals surface area (Å²) in [4.78, 5) is 26.1. The summed E-state index contributed by atoms with van der Waals surface area (Å²) in [6.07, 6.45) is 1.54. The fourth-order valence-corrected chi connectivity index (χ4v) is 3.57. The van der Waals surface area contributed by atoms with Crippen molar-refractivity contribution in [1.29, 1.82) is 0 Å². The molecule has 1 aliphatic heterocycles. The summed E-state index contributed by atoms with van der Waals surface area (Å²) < 4.78 is 0. The van der Waals surface area contributed by atoms with E-state index in [9.17, 15) is 9.59 Å². The van der Waals surface area contributed by atoms with E-state index in [1.807, 2.05) is 0 Å². The fourth-order valence-electron chi connectivity index (χ4n) is 2.09. The van der Waals surface area contributed by atoms with Gasteiger partial charge >= 0.3 is 0 Å². The first-order valence-electron chi connectivity index (χ1n) is 6.55. The number of benzene rings is 2. The van der Waals surface area contributed by atoms with Crippen molar-refractivity contribution in [2.24, 2.45) is 0 Å². The maximum absolute atomic E-state index is 12.6. The Morgan fingerprint density at radius 2 is 1.67 bits per heavy atom. The maximum atomic E-state index is 12.6. The normalized spacial score (nSPS) is 16.3. The smallest absolute Gasteiger partial charge is 0.268 e. The number of anilines is 1. The molecule has 0 atom stereocenters. The molecule has 0 spiro atoms. The van der Waals surface area contributed by atoms with Crippen LogP contribution in [0.5, 0.6) is 0 Å². The van der Waals surface area contributed by atoms with Crippen LogP contribution in [0.15, 0.2) is 41.3 Å². The van der Waals surface area contributed by atoms with Gasteiger partial charge in [0.15, 0.2) is 0 Å². The van der Waals surface area contributed by atoms with Crippen LogP contribution in [-0.4, -0.2) is 11.1 Å². The third-order valence-electron chi connectivity index (χ3n) is 3.22. The second-order valence-electron chi connectivity index (χ2n) is 4.76. The van der Waals surface area contributed by atoms with Gasteiger partial charge in [0, 0.05) is 0 Å². The molecule has 1 heterocycles. The highest BCUT2D eigenvalue weighted by molar-refractivity contribution is 8.19. The van der Waals surface area contributed by atoms with E-state index < -0.39 is 11.1 Å². The van der Waals surface area contributed by atoms with Gasteiger partial charge in [-0.3, -0.25) is 9.59 Å². The van der Waals surface area contributed by atoms with Crippen molar-refractivity contribution in [2.75, 3.05) is 4.90 Å². The molecule has 0 saturated carbocycles. The molecule has 0 aromatic heterocycles. The Balaban J connectivity index is 1.98. The van der Waals surface area contributed by atoms with E-state index in [2.05, 4.69) is 0 Å². The molecule has 2 amide bonds. The van der Waals surface area contributed by atoms with Crippen molar-refractivity contribution in [3.63, 3.8) is 0 Å². The second kappa shape index (κ2) is 6.98. The molecule has 122 valence electrons. The van der Waals surface area contributed by atoms with Crippen LogP contribution in [0, 0.1) is 0 Å². The van der Waals surface area contributed by atoms with E-state index >= 15 is 0 Å². The molecule has 0 bridgehead atoms. The fraction of sp³-hybridized carbons (Fsp3) is 0. The summed E-state index contributed by atoms with van der Waals surface area (Å²) in [6, 6.07) is 9.61. The van der Waals surface area contributed by atoms with Gasteiger partial charge in [-0.05, 0) is 47.7 Å². The zero-order valence-corrected chi connectivity index (χ0v) is 15.6. The van der Waals surface area contributed by atoms with Crippen LogP contribution in [0.4, 0.5) is 10.5 Å². The van der Waals surface area contributed by atoms with E-state index in [4.69, 9.17) is 46.4 Å². The molecule has 0 unspecified atom stereocenters. The number of carbonyl (C=O) groups is 2. The Bertz CT molecular complexity index is 898. The lowest BCUT2D eigenvalue weighted by Gasteiger charge is -2.13. The minimum atomic E-state index is -0.459. The predicted octanol–water partition coefficient (Wildman–Crippen LogP) is 6.54. The van der Waals surface area contributed by atoms with Gasteiger partial charge in [-0.15, -0.1) is 0 Å². The highest BCUT2D eigenvalue weighted by Crippen LogP contribution is 2.38. The number of hydrogen-bond donors (Lipinski definition) is 0. The number of hydrogen-bond acceptors (Lipinski definition) is 3. The van der Waals surface area contributed by atoms with Crippen molar-refractivity contribution in [1.82, 2.24) is 0 Å². The van der Waals surface area contributed by atoms with Crippen molar-refractivity contribution < 1.29 is 9.59 Å². The summed E-state index contributed by atoms with van der Waals surface area (Å²) in [5.41, 5.74) is 0.913. The molecule has 0 N–H and O–H groups in total. The molecule has 3 rings (SSSR count). The zero-order valence-electron chi connectivity index (χ0n) is 11.7. The Hall–Kier alpha value is -1.17. The van der Waals surface area contributed by atoms with Gasteiger partial charge in [0.1, 0.15) is 0 Å². The molecular weight excluding hydrogens is 412 g/mol. The Morgan fingerprint density at radius 3 is 2.38 bits per heavy atom. The number of imide groups is 1. The van der Waals surface area contributed by atoms with E-state index in [1.165, 1.54) is 18.2 Å². The molecule has 1 saturated heterocycles. The maximum Gasteiger partial charge on any atom is 0.298 e. The first kappa shape index (κ1) is 17.6. The summed E-state index contributed by atoms with van der Waals surface area (Å²) >= 11 is 24.7. The highest BCUT2D eigenvalue weighted by Gasteiger charge is 2.36. The largest absolute Gasteiger partial charge is 0.298 e. The molecule has 2 aromatic rings. The molecule has 3 nitrogen and oxygen atoms in total. The van der Waals surface area contributed by atoms with Crippen LogP contribution >= 0.6 is 58.2 Å². The monoisotopic (exact) mass is 417 g/mol. The van der Waals surface area contributed by atoms with Crippen molar-refractivity contribution >= 4 is 81.1 Å². The summed E-state index contributed by atoms with van der Waals surface area (Å²) in [7, 11) is 0. The lowest BCUT2D eigenvalue weighted by atomic mass is 10.2. The third kappa shape index (κ3) is 3.30. The molecule has 0 aliphatic carbocycles. The first-order valence-corrected chi connectivity index (χ1v) is 8.88.